The molecule has 2 atom stereocenters. The highest BCUT2D eigenvalue weighted by atomic mass is 16.4. The minimum atomic E-state index is -1.12. The molecule has 1 aromatic carbocycles. The molecule has 3 amide bonds. The van der Waals surface area contributed by atoms with Crippen LogP contribution in [0.5, 0.6) is 0 Å². The molecule has 7 heteroatoms. The van der Waals surface area contributed by atoms with Crippen LogP contribution in [0.1, 0.15) is 38.2 Å². The van der Waals surface area contributed by atoms with Gasteiger partial charge in [-0.15, -0.1) is 0 Å². The molecule has 146 valence electrons. The summed E-state index contributed by atoms with van der Waals surface area (Å²) in [4.78, 5) is 42.0. The number of hydrogen-bond acceptors (Lipinski definition) is 3. The van der Waals surface area contributed by atoms with Gasteiger partial charge in [-0.3, -0.25) is 14.5 Å². The number of likely N-dealkylation sites (tertiary alicyclic amines) is 2. The Balaban J connectivity index is 1.68. The minimum absolute atomic E-state index is 0.0337. The summed E-state index contributed by atoms with van der Waals surface area (Å²) in [7, 11) is 0. The van der Waals surface area contributed by atoms with Gasteiger partial charge < -0.3 is 14.9 Å². The number of piperidine rings is 1. The molecule has 0 aromatic heterocycles. The van der Waals surface area contributed by atoms with Crippen molar-refractivity contribution in [3.05, 3.63) is 35.9 Å². The molecule has 7 nitrogen and oxygen atoms in total. The molecule has 0 bridgehead atoms. The van der Waals surface area contributed by atoms with Crippen molar-refractivity contribution in [3.8, 4) is 0 Å². The summed E-state index contributed by atoms with van der Waals surface area (Å²) in [5, 5.41) is 9.63. The topological polar surface area (TPSA) is 81.2 Å². The van der Waals surface area contributed by atoms with Crippen LogP contribution in [-0.4, -0.2) is 69.4 Å². The van der Waals surface area contributed by atoms with E-state index in [1.807, 2.05) is 35.2 Å². The van der Waals surface area contributed by atoms with Gasteiger partial charge in [-0.1, -0.05) is 30.3 Å². The Bertz CT molecular complexity index is 688. The number of nitrogens with zero attached hydrogens (tertiary/aromatic N) is 3. The Hall–Kier alpha value is -2.57. The van der Waals surface area contributed by atoms with Crippen LogP contribution in [0.3, 0.4) is 0 Å². The molecule has 0 spiro atoms. The van der Waals surface area contributed by atoms with Crippen LogP contribution < -0.4 is 0 Å². The Morgan fingerprint density at radius 2 is 1.81 bits per heavy atom. The Kier molecular flexibility index (Phi) is 5.98. The van der Waals surface area contributed by atoms with Crippen LogP contribution in [0.15, 0.2) is 30.3 Å². The molecule has 0 saturated carbocycles. The van der Waals surface area contributed by atoms with Crippen molar-refractivity contribution in [2.24, 2.45) is 0 Å². The summed E-state index contributed by atoms with van der Waals surface area (Å²) in [5.74, 6) is -0.306. The van der Waals surface area contributed by atoms with Gasteiger partial charge in [0.1, 0.15) is 12.1 Å². The summed E-state index contributed by atoms with van der Waals surface area (Å²) in [6.07, 6.45) is 2.43. The summed E-state index contributed by atoms with van der Waals surface area (Å²) in [5.41, 5.74) is 0.837. The quantitative estimate of drug-likeness (QED) is 0.858. The molecule has 3 rings (SSSR count). The molecule has 2 aliphatic rings. The fraction of sp³-hybridized carbons (Fsp3) is 0.550. The van der Waals surface area contributed by atoms with Crippen molar-refractivity contribution in [2.45, 2.75) is 51.2 Å². The Labute approximate surface area is 159 Å². The molecule has 0 unspecified atom stereocenters. The van der Waals surface area contributed by atoms with Crippen molar-refractivity contribution in [3.63, 3.8) is 0 Å². The van der Waals surface area contributed by atoms with Gasteiger partial charge >= 0.3 is 6.09 Å². The van der Waals surface area contributed by atoms with Gasteiger partial charge in [0.05, 0.1) is 0 Å². The highest BCUT2D eigenvalue weighted by Gasteiger charge is 2.42. The number of carbonyl (C=O) groups is 3. The number of rotatable bonds is 5. The third-order valence-electron chi connectivity index (χ3n) is 5.52. The van der Waals surface area contributed by atoms with Crippen molar-refractivity contribution in [1.82, 2.24) is 14.7 Å². The van der Waals surface area contributed by atoms with Crippen LogP contribution in [0, 0.1) is 0 Å². The Morgan fingerprint density at radius 3 is 2.44 bits per heavy atom. The first-order valence-electron chi connectivity index (χ1n) is 9.62. The highest BCUT2D eigenvalue weighted by molar-refractivity contribution is 5.92. The number of benzene rings is 1. The van der Waals surface area contributed by atoms with Crippen molar-refractivity contribution >= 4 is 17.9 Å². The predicted molar refractivity (Wildman–Crippen MR) is 100 cm³/mol. The number of hydrogen-bond donors (Lipinski definition) is 1. The van der Waals surface area contributed by atoms with E-state index in [-0.39, 0.29) is 18.4 Å². The molecule has 0 radical (unpaired) electrons. The number of carboxylic acid groups (broad SMARTS) is 1. The first kappa shape index (κ1) is 19.2. The van der Waals surface area contributed by atoms with E-state index in [0.717, 1.165) is 37.9 Å². The molecular formula is C20H27N3O4. The average molecular weight is 373 g/mol. The predicted octanol–water partition coefficient (Wildman–Crippen LogP) is 2.17. The Morgan fingerprint density at radius 1 is 1.15 bits per heavy atom. The molecule has 2 heterocycles. The van der Waals surface area contributed by atoms with Crippen molar-refractivity contribution in [1.29, 1.82) is 0 Å². The smallest absolute Gasteiger partial charge is 0.408 e. The van der Waals surface area contributed by atoms with Crippen LogP contribution in [0.25, 0.3) is 0 Å². The van der Waals surface area contributed by atoms with Gasteiger partial charge in [-0.25, -0.2) is 4.79 Å². The van der Waals surface area contributed by atoms with E-state index in [9.17, 15) is 19.5 Å². The summed E-state index contributed by atoms with van der Waals surface area (Å²) in [6, 6.07) is 7.96. The lowest BCUT2D eigenvalue weighted by Gasteiger charge is -2.33. The lowest BCUT2D eigenvalue weighted by atomic mass is 10.1. The van der Waals surface area contributed by atoms with Crippen molar-refractivity contribution in [2.75, 3.05) is 19.6 Å². The molecule has 1 aromatic rings. The molecule has 0 aliphatic carbocycles. The maximum Gasteiger partial charge on any atom is 0.408 e. The van der Waals surface area contributed by atoms with Crippen LogP contribution in [0.4, 0.5) is 4.79 Å². The van der Waals surface area contributed by atoms with Crippen LogP contribution in [-0.2, 0) is 16.1 Å². The van der Waals surface area contributed by atoms with E-state index in [1.165, 1.54) is 4.90 Å². The fourth-order valence-electron chi connectivity index (χ4n) is 3.96. The standard InChI is InChI=1S/C20H27N3O4/c1-15(18(24)21-11-6-3-7-12-21)22-13-10-17(19(22)25)23(20(26)27)14-16-8-4-2-5-9-16/h2,4-5,8-9,15,17H,3,6-7,10-14H2,1H3,(H,26,27)/t15-,17-/m1/s1. The lowest BCUT2D eigenvalue weighted by molar-refractivity contribution is -0.144. The largest absolute Gasteiger partial charge is 0.465 e. The lowest BCUT2D eigenvalue weighted by Crippen LogP contribution is -2.51. The van der Waals surface area contributed by atoms with Gasteiger partial charge in [0, 0.05) is 26.2 Å². The first-order chi connectivity index (χ1) is 13.0. The number of amides is 3. The van der Waals surface area contributed by atoms with Crippen LogP contribution in [0.2, 0.25) is 0 Å². The zero-order valence-electron chi connectivity index (χ0n) is 15.7. The second-order valence-corrected chi connectivity index (χ2v) is 7.29. The van der Waals surface area contributed by atoms with E-state index >= 15 is 0 Å². The van der Waals surface area contributed by atoms with Gasteiger partial charge in [0.25, 0.3) is 0 Å². The monoisotopic (exact) mass is 373 g/mol. The fourth-order valence-corrected chi connectivity index (χ4v) is 3.96. The minimum Gasteiger partial charge on any atom is -0.465 e. The highest BCUT2D eigenvalue weighted by Crippen LogP contribution is 2.23. The maximum absolute atomic E-state index is 12.9. The third-order valence-corrected chi connectivity index (χ3v) is 5.52. The second-order valence-electron chi connectivity index (χ2n) is 7.29. The summed E-state index contributed by atoms with van der Waals surface area (Å²) < 4.78 is 0. The van der Waals surface area contributed by atoms with E-state index in [0.29, 0.717) is 13.0 Å². The van der Waals surface area contributed by atoms with E-state index in [4.69, 9.17) is 0 Å². The van der Waals surface area contributed by atoms with Gasteiger partial charge in [-0.2, -0.15) is 0 Å². The molecule has 1 N–H and O–H groups in total. The maximum atomic E-state index is 12.9. The molecule has 2 saturated heterocycles. The van der Waals surface area contributed by atoms with Gasteiger partial charge in [-0.05, 0) is 38.2 Å². The summed E-state index contributed by atoms with van der Waals surface area (Å²) >= 11 is 0. The van der Waals surface area contributed by atoms with Gasteiger partial charge in [0.2, 0.25) is 11.8 Å². The number of carbonyl (C=O) groups excluding carboxylic acids is 2. The molecule has 2 aliphatic heterocycles. The van der Waals surface area contributed by atoms with Gasteiger partial charge in [0.15, 0.2) is 0 Å². The zero-order valence-corrected chi connectivity index (χ0v) is 15.7. The third kappa shape index (κ3) is 4.23. The van der Waals surface area contributed by atoms with E-state index < -0.39 is 18.2 Å². The first-order valence-corrected chi connectivity index (χ1v) is 9.62. The summed E-state index contributed by atoms with van der Waals surface area (Å²) in [6.45, 7) is 3.80. The average Bonchev–Trinajstić information content (AvgIpc) is 3.07. The van der Waals surface area contributed by atoms with Crippen LogP contribution >= 0.6 is 0 Å². The van der Waals surface area contributed by atoms with E-state index in [1.54, 1.807) is 11.8 Å². The van der Waals surface area contributed by atoms with E-state index in [2.05, 4.69) is 0 Å². The molecule has 2 fully saturated rings. The SMILES string of the molecule is C[C@H](C(=O)N1CCCCC1)N1CC[C@@H](N(Cc2ccccc2)C(=O)O)C1=O. The molecule has 27 heavy (non-hydrogen) atoms. The zero-order chi connectivity index (χ0) is 19.4. The second kappa shape index (κ2) is 8.41. The molecular weight excluding hydrogens is 346 g/mol. The normalized spacial score (nSPS) is 21.2. The van der Waals surface area contributed by atoms with Crippen molar-refractivity contribution < 1.29 is 19.5 Å².